The minimum Gasteiger partial charge on any atom is -0.481 e. The number of amides is 1. The zero-order chi connectivity index (χ0) is 15.7. The van der Waals surface area contributed by atoms with Crippen molar-refractivity contribution in [2.45, 2.75) is 39.7 Å². The molecular formula is C15H23N3O3. The smallest absolute Gasteiger partial charge is 0.309 e. The second-order valence-electron chi connectivity index (χ2n) is 6.09. The summed E-state index contributed by atoms with van der Waals surface area (Å²) in [5.41, 5.74) is 1.75. The molecule has 1 aliphatic rings. The van der Waals surface area contributed by atoms with Crippen molar-refractivity contribution in [2.24, 2.45) is 18.9 Å². The molecule has 1 saturated heterocycles. The summed E-state index contributed by atoms with van der Waals surface area (Å²) in [6, 6.07) is -0.402. The molecule has 2 atom stereocenters. The first kappa shape index (κ1) is 15.5. The Bertz CT molecular complexity index is 550. The molecule has 6 heteroatoms. The summed E-state index contributed by atoms with van der Waals surface area (Å²) in [5.74, 6) is -1.38. The summed E-state index contributed by atoms with van der Waals surface area (Å²) < 4.78 is 1.70. The predicted molar refractivity (Wildman–Crippen MR) is 77.6 cm³/mol. The molecule has 0 aromatic carbocycles. The normalized spacial score (nSPS) is 22.3. The Morgan fingerprint density at radius 1 is 1.52 bits per heavy atom. The molecule has 116 valence electrons. The molecule has 0 spiro atoms. The van der Waals surface area contributed by atoms with Gasteiger partial charge in [-0.25, -0.2) is 0 Å². The molecule has 21 heavy (non-hydrogen) atoms. The fraction of sp³-hybridized carbons (Fsp3) is 0.667. The maximum absolute atomic E-state index is 12.3. The van der Waals surface area contributed by atoms with Crippen LogP contribution >= 0.6 is 0 Å². The minimum atomic E-state index is -0.912. The first-order chi connectivity index (χ1) is 9.85. The van der Waals surface area contributed by atoms with E-state index in [-0.39, 0.29) is 12.3 Å². The van der Waals surface area contributed by atoms with E-state index in [2.05, 4.69) is 5.10 Å². The third kappa shape index (κ3) is 2.94. The Labute approximate surface area is 124 Å². The van der Waals surface area contributed by atoms with E-state index in [4.69, 9.17) is 0 Å². The lowest BCUT2D eigenvalue weighted by Crippen LogP contribution is -2.33. The molecular weight excluding hydrogens is 270 g/mol. The van der Waals surface area contributed by atoms with Crippen molar-refractivity contribution in [3.05, 3.63) is 17.5 Å². The van der Waals surface area contributed by atoms with E-state index in [1.165, 1.54) is 0 Å². The van der Waals surface area contributed by atoms with E-state index in [0.717, 1.165) is 17.7 Å². The van der Waals surface area contributed by atoms with Gasteiger partial charge in [0.25, 0.3) is 0 Å². The van der Waals surface area contributed by atoms with Gasteiger partial charge in [0.2, 0.25) is 5.91 Å². The Morgan fingerprint density at radius 2 is 2.19 bits per heavy atom. The van der Waals surface area contributed by atoms with Gasteiger partial charge in [0.15, 0.2) is 0 Å². The quantitative estimate of drug-likeness (QED) is 0.895. The van der Waals surface area contributed by atoms with Crippen LogP contribution in [-0.2, 0) is 23.1 Å². The van der Waals surface area contributed by atoms with Crippen LogP contribution < -0.4 is 0 Å². The Balaban J connectivity index is 2.45. The first-order valence-electron chi connectivity index (χ1n) is 7.39. The third-order valence-corrected chi connectivity index (χ3v) is 3.90. The van der Waals surface area contributed by atoms with Crippen molar-refractivity contribution in [1.82, 2.24) is 14.7 Å². The predicted octanol–water partition coefficient (Wildman–Crippen LogP) is 1.61. The number of aliphatic carboxylic acids is 1. The molecule has 0 saturated carbocycles. The Kier molecular flexibility index (Phi) is 4.34. The Morgan fingerprint density at radius 3 is 2.71 bits per heavy atom. The monoisotopic (exact) mass is 293 g/mol. The van der Waals surface area contributed by atoms with E-state index in [1.807, 2.05) is 34.0 Å². The van der Waals surface area contributed by atoms with Crippen molar-refractivity contribution in [2.75, 3.05) is 6.54 Å². The van der Waals surface area contributed by atoms with Crippen LogP contribution in [0, 0.1) is 11.8 Å². The number of nitrogens with zero attached hydrogens (tertiary/aromatic N) is 3. The number of carboxylic acid groups (broad SMARTS) is 1. The van der Waals surface area contributed by atoms with Gasteiger partial charge in [-0.05, 0) is 12.3 Å². The number of aromatic nitrogens is 2. The summed E-state index contributed by atoms with van der Waals surface area (Å²) in [6.07, 6.45) is 2.65. The number of hydrogen-bond acceptors (Lipinski definition) is 3. The van der Waals surface area contributed by atoms with E-state index in [0.29, 0.717) is 12.5 Å². The standard InChI is InChI=1S/C15H23N3O3/c1-5-12-11(8-17(4)16-12)14-10(15(20)21)6-13(19)18(14)7-9(2)3/h8-10,14H,5-7H2,1-4H3,(H,20,21). The minimum absolute atomic E-state index is 0.0742. The SMILES string of the molecule is CCc1nn(C)cc1C1C(C(=O)O)CC(=O)N1CC(C)C. The number of carbonyl (C=O) groups excluding carboxylic acids is 1. The highest BCUT2D eigenvalue weighted by Gasteiger charge is 2.46. The fourth-order valence-electron chi connectivity index (χ4n) is 3.08. The first-order valence-corrected chi connectivity index (χ1v) is 7.39. The van der Waals surface area contributed by atoms with Gasteiger partial charge >= 0.3 is 5.97 Å². The van der Waals surface area contributed by atoms with Crippen LogP contribution in [0.15, 0.2) is 6.20 Å². The zero-order valence-electron chi connectivity index (χ0n) is 13.0. The number of hydrogen-bond donors (Lipinski definition) is 1. The lowest BCUT2D eigenvalue weighted by Gasteiger charge is -2.28. The summed E-state index contributed by atoms with van der Waals surface area (Å²) in [7, 11) is 1.82. The van der Waals surface area contributed by atoms with Gasteiger partial charge in [-0.15, -0.1) is 0 Å². The summed E-state index contributed by atoms with van der Waals surface area (Å²) in [5, 5.41) is 13.9. The fourth-order valence-corrected chi connectivity index (χ4v) is 3.08. The van der Waals surface area contributed by atoms with Crippen LogP contribution in [0.25, 0.3) is 0 Å². The van der Waals surface area contributed by atoms with Gasteiger partial charge < -0.3 is 10.0 Å². The number of aryl methyl sites for hydroxylation is 2. The molecule has 0 radical (unpaired) electrons. The van der Waals surface area contributed by atoms with Crippen molar-refractivity contribution < 1.29 is 14.7 Å². The number of likely N-dealkylation sites (tertiary alicyclic amines) is 1. The van der Waals surface area contributed by atoms with Gasteiger partial charge in [0, 0.05) is 31.8 Å². The lowest BCUT2D eigenvalue weighted by molar-refractivity contribution is -0.142. The van der Waals surface area contributed by atoms with Gasteiger partial charge in [-0.2, -0.15) is 5.10 Å². The van der Waals surface area contributed by atoms with Crippen LogP contribution in [0.4, 0.5) is 0 Å². The number of rotatable bonds is 5. The topological polar surface area (TPSA) is 75.4 Å². The van der Waals surface area contributed by atoms with Gasteiger partial charge in [-0.3, -0.25) is 14.3 Å². The summed E-state index contributed by atoms with van der Waals surface area (Å²) in [6.45, 7) is 6.63. The highest BCUT2D eigenvalue weighted by Crippen LogP contribution is 2.40. The average molecular weight is 293 g/mol. The Hall–Kier alpha value is -1.85. The molecule has 1 amide bonds. The molecule has 1 aromatic heterocycles. The number of carboxylic acids is 1. The average Bonchev–Trinajstić information content (AvgIpc) is 2.90. The van der Waals surface area contributed by atoms with E-state index < -0.39 is 17.9 Å². The van der Waals surface area contributed by atoms with Crippen molar-refractivity contribution in [3.63, 3.8) is 0 Å². The van der Waals surface area contributed by atoms with E-state index in [9.17, 15) is 14.7 Å². The highest BCUT2D eigenvalue weighted by molar-refractivity contribution is 5.87. The zero-order valence-corrected chi connectivity index (χ0v) is 13.0. The number of carbonyl (C=O) groups is 2. The van der Waals surface area contributed by atoms with Gasteiger partial charge in [-0.1, -0.05) is 20.8 Å². The summed E-state index contributed by atoms with van der Waals surface area (Å²) in [4.78, 5) is 25.5. The maximum Gasteiger partial charge on any atom is 0.309 e. The molecule has 2 rings (SSSR count). The molecule has 6 nitrogen and oxygen atoms in total. The van der Waals surface area contributed by atoms with Crippen molar-refractivity contribution in [1.29, 1.82) is 0 Å². The third-order valence-electron chi connectivity index (χ3n) is 3.90. The molecule has 1 N–H and O–H groups in total. The van der Waals surface area contributed by atoms with Gasteiger partial charge in [0.05, 0.1) is 17.7 Å². The lowest BCUT2D eigenvalue weighted by atomic mass is 9.93. The van der Waals surface area contributed by atoms with Crippen molar-refractivity contribution in [3.8, 4) is 0 Å². The van der Waals surface area contributed by atoms with E-state index >= 15 is 0 Å². The molecule has 0 bridgehead atoms. The summed E-state index contributed by atoms with van der Waals surface area (Å²) >= 11 is 0. The molecule has 0 aliphatic carbocycles. The molecule has 2 unspecified atom stereocenters. The highest BCUT2D eigenvalue weighted by atomic mass is 16.4. The maximum atomic E-state index is 12.3. The van der Waals surface area contributed by atoms with Gasteiger partial charge in [0.1, 0.15) is 0 Å². The largest absolute Gasteiger partial charge is 0.481 e. The second-order valence-corrected chi connectivity index (χ2v) is 6.09. The van der Waals surface area contributed by atoms with Crippen molar-refractivity contribution >= 4 is 11.9 Å². The molecule has 2 heterocycles. The molecule has 1 aliphatic heterocycles. The van der Waals surface area contributed by atoms with Crippen LogP contribution in [0.5, 0.6) is 0 Å². The van der Waals surface area contributed by atoms with Crippen LogP contribution in [0.2, 0.25) is 0 Å². The van der Waals surface area contributed by atoms with E-state index in [1.54, 1.807) is 9.58 Å². The van der Waals surface area contributed by atoms with Crippen LogP contribution in [0.1, 0.15) is 44.5 Å². The second kappa shape index (κ2) is 5.87. The van der Waals surface area contributed by atoms with Crippen LogP contribution in [0.3, 0.4) is 0 Å². The molecule has 1 aromatic rings. The molecule has 1 fully saturated rings. The van der Waals surface area contributed by atoms with Crippen LogP contribution in [-0.4, -0.2) is 38.2 Å².